The van der Waals surface area contributed by atoms with E-state index in [4.69, 9.17) is 5.11 Å². The van der Waals surface area contributed by atoms with Gasteiger partial charge in [-0.15, -0.1) is 5.10 Å². The molecule has 0 radical (unpaired) electrons. The Labute approximate surface area is 103 Å². The predicted octanol–water partition coefficient (Wildman–Crippen LogP) is 1.73. The third-order valence-corrected chi connectivity index (χ3v) is 2.54. The smallest absolute Gasteiger partial charge is 0.303 e. The molecule has 0 saturated carbocycles. The van der Waals surface area contributed by atoms with Crippen molar-refractivity contribution in [2.24, 2.45) is 0 Å². The third kappa shape index (κ3) is 2.71. The molecule has 0 spiro atoms. The molecular formula is C12H12FN3O2. The third-order valence-electron chi connectivity index (χ3n) is 2.54. The molecule has 94 valence electrons. The highest BCUT2D eigenvalue weighted by atomic mass is 19.1. The highest BCUT2D eigenvalue weighted by Gasteiger charge is 2.07. The maximum Gasteiger partial charge on any atom is 0.303 e. The SMILES string of the molecule is Cc1cc(F)ccc1-n1cc(CCC(=O)O)nn1. The Hall–Kier alpha value is -2.24. The van der Waals surface area contributed by atoms with E-state index in [1.165, 1.54) is 16.8 Å². The van der Waals surface area contributed by atoms with Crippen molar-refractivity contribution in [2.45, 2.75) is 19.8 Å². The van der Waals surface area contributed by atoms with Crippen LogP contribution in [-0.4, -0.2) is 26.1 Å². The van der Waals surface area contributed by atoms with Gasteiger partial charge in [0.1, 0.15) is 5.82 Å². The van der Waals surface area contributed by atoms with E-state index in [2.05, 4.69) is 10.3 Å². The highest BCUT2D eigenvalue weighted by molar-refractivity contribution is 5.66. The van der Waals surface area contributed by atoms with Gasteiger partial charge in [0, 0.05) is 6.42 Å². The number of nitrogens with zero attached hydrogens (tertiary/aromatic N) is 3. The molecule has 6 heteroatoms. The molecule has 18 heavy (non-hydrogen) atoms. The van der Waals surface area contributed by atoms with Crippen molar-refractivity contribution in [3.8, 4) is 5.69 Å². The molecule has 0 saturated heterocycles. The van der Waals surface area contributed by atoms with E-state index in [1.807, 2.05) is 0 Å². The molecule has 0 aliphatic heterocycles. The van der Waals surface area contributed by atoms with Crippen LogP contribution in [0.5, 0.6) is 0 Å². The summed E-state index contributed by atoms with van der Waals surface area (Å²) in [5.41, 5.74) is 2.07. The van der Waals surface area contributed by atoms with Gasteiger partial charge in [-0.05, 0) is 30.7 Å². The van der Waals surface area contributed by atoms with E-state index >= 15 is 0 Å². The van der Waals surface area contributed by atoms with E-state index in [-0.39, 0.29) is 12.2 Å². The molecule has 0 aliphatic rings. The van der Waals surface area contributed by atoms with Crippen molar-refractivity contribution >= 4 is 5.97 Å². The van der Waals surface area contributed by atoms with E-state index in [0.29, 0.717) is 12.1 Å². The lowest BCUT2D eigenvalue weighted by molar-refractivity contribution is -0.136. The number of aliphatic carboxylic acids is 1. The Balaban J connectivity index is 2.21. The molecule has 0 bridgehead atoms. The number of benzene rings is 1. The van der Waals surface area contributed by atoms with Crippen LogP contribution in [0.3, 0.4) is 0 Å². The van der Waals surface area contributed by atoms with Gasteiger partial charge in [0.25, 0.3) is 0 Å². The van der Waals surface area contributed by atoms with Crippen molar-refractivity contribution in [1.29, 1.82) is 0 Å². The van der Waals surface area contributed by atoms with Gasteiger partial charge < -0.3 is 5.11 Å². The van der Waals surface area contributed by atoms with Crippen LogP contribution < -0.4 is 0 Å². The van der Waals surface area contributed by atoms with Gasteiger partial charge in [0.2, 0.25) is 0 Å². The minimum absolute atomic E-state index is 0.0150. The van der Waals surface area contributed by atoms with Crippen LogP contribution in [0, 0.1) is 12.7 Å². The largest absolute Gasteiger partial charge is 0.481 e. The lowest BCUT2D eigenvalue weighted by atomic mass is 10.2. The predicted molar refractivity (Wildman–Crippen MR) is 62.0 cm³/mol. The van der Waals surface area contributed by atoms with Crippen LogP contribution in [0.4, 0.5) is 4.39 Å². The minimum atomic E-state index is -0.873. The van der Waals surface area contributed by atoms with E-state index < -0.39 is 5.97 Å². The Bertz CT molecular complexity index is 580. The normalized spacial score (nSPS) is 10.6. The molecule has 5 nitrogen and oxygen atoms in total. The summed E-state index contributed by atoms with van der Waals surface area (Å²) in [5.74, 6) is -1.18. The lowest BCUT2D eigenvalue weighted by Gasteiger charge is -2.03. The molecule has 0 amide bonds. The maximum atomic E-state index is 13.0. The second-order valence-corrected chi connectivity index (χ2v) is 3.98. The van der Waals surface area contributed by atoms with Crippen LogP contribution in [0.1, 0.15) is 17.7 Å². The molecule has 0 atom stereocenters. The molecule has 1 aromatic heterocycles. The number of hydrogen-bond acceptors (Lipinski definition) is 3. The standard InChI is InChI=1S/C12H12FN3O2/c1-8-6-9(13)2-4-11(8)16-7-10(14-15-16)3-5-12(17)18/h2,4,6-7H,3,5H2,1H3,(H,17,18). The molecule has 0 unspecified atom stereocenters. The molecule has 1 N–H and O–H groups in total. The lowest BCUT2D eigenvalue weighted by Crippen LogP contribution is -1.98. The Morgan fingerprint density at radius 3 is 2.94 bits per heavy atom. The van der Waals surface area contributed by atoms with Crippen LogP contribution in [0.2, 0.25) is 0 Å². The maximum absolute atomic E-state index is 13.0. The Morgan fingerprint density at radius 1 is 1.50 bits per heavy atom. The van der Waals surface area contributed by atoms with Gasteiger partial charge in [0.15, 0.2) is 0 Å². The first kappa shape index (κ1) is 12.2. The summed E-state index contributed by atoms with van der Waals surface area (Å²) in [7, 11) is 0. The number of carboxylic acid groups (broad SMARTS) is 1. The second-order valence-electron chi connectivity index (χ2n) is 3.98. The van der Waals surface area contributed by atoms with Crippen molar-refractivity contribution < 1.29 is 14.3 Å². The van der Waals surface area contributed by atoms with Crippen molar-refractivity contribution in [3.63, 3.8) is 0 Å². The van der Waals surface area contributed by atoms with Gasteiger partial charge >= 0.3 is 5.97 Å². The zero-order chi connectivity index (χ0) is 13.1. The van der Waals surface area contributed by atoms with Crippen LogP contribution in [-0.2, 0) is 11.2 Å². The zero-order valence-corrected chi connectivity index (χ0v) is 9.80. The van der Waals surface area contributed by atoms with Gasteiger partial charge in [-0.1, -0.05) is 5.21 Å². The van der Waals surface area contributed by atoms with Gasteiger partial charge in [-0.3, -0.25) is 4.79 Å². The number of carboxylic acids is 1. The van der Waals surface area contributed by atoms with E-state index in [0.717, 1.165) is 11.3 Å². The fraction of sp³-hybridized carbons (Fsp3) is 0.250. The number of rotatable bonds is 4. The molecular weight excluding hydrogens is 237 g/mol. The first-order valence-electron chi connectivity index (χ1n) is 5.46. The van der Waals surface area contributed by atoms with Crippen LogP contribution in [0.25, 0.3) is 5.69 Å². The monoisotopic (exact) mass is 249 g/mol. The van der Waals surface area contributed by atoms with Gasteiger partial charge in [-0.2, -0.15) is 0 Å². The van der Waals surface area contributed by atoms with Crippen LogP contribution in [0.15, 0.2) is 24.4 Å². The molecule has 0 fully saturated rings. The van der Waals surface area contributed by atoms with Crippen LogP contribution >= 0.6 is 0 Å². The topological polar surface area (TPSA) is 68.0 Å². The quantitative estimate of drug-likeness (QED) is 0.896. The summed E-state index contributed by atoms with van der Waals surface area (Å²) in [4.78, 5) is 10.4. The number of carbonyl (C=O) groups is 1. The highest BCUT2D eigenvalue weighted by Crippen LogP contribution is 2.14. The first-order chi connectivity index (χ1) is 8.56. The molecule has 2 aromatic rings. The fourth-order valence-electron chi connectivity index (χ4n) is 1.64. The zero-order valence-electron chi connectivity index (χ0n) is 9.80. The molecule has 0 aliphatic carbocycles. The summed E-state index contributed by atoms with van der Waals surface area (Å²) in [5, 5.41) is 16.4. The number of hydrogen-bond donors (Lipinski definition) is 1. The first-order valence-corrected chi connectivity index (χ1v) is 5.46. The molecule has 2 rings (SSSR count). The molecule has 1 heterocycles. The fourth-order valence-corrected chi connectivity index (χ4v) is 1.64. The summed E-state index contributed by atoms with van der Waals surface area (Å²) in [6, 6.07) is 4.37. The summed E-state index contributed by atoms with van der Waals surface area (Å²) >= 11 is 0. The summed E-state index contributed by atoms with van der Waals surface area (Å²) < 4.78 is 14.5. The Kier molecular flexibility index (Phi) is 3.36. The average molecular weight is 249 g/mol. The van der Waals surface area contributed by atoms with E-state index in [1.54, 1.807) is 19.2 Å². The number of halogens is 1. The number of aryl methyl sites for hydroxylation is 2. The van der Waals surface area contributed by atoms with Crippen molar-refractivity contribution in [2.75, 3.05) is 0 Å². The van der Waals surface area contributed by atoms with Gasteiger partial charge in [-0.25, -0.2) is 9.07 Å². The van der Waals surface area contributed by atoms with Crippen molar-refractivity contribution in [3.05, 3.63) is 41.5 Å². The van der Waals surface area contributed by atoms with Gasteiger partial charge in [0.05, 0.1) is 24.0 Å². The van der Waals surface area contributed by atoms with Crippen molar-refractivity contribution in [1.82, 2.24) is 15.0 Å². The number of aromatic nitrogens is 3. The average Bonchev–Trinajstić information content (AvgIpc) is 2.75. The van der Waals surface area contributed by atoms with E-state index in [9.17, 15) is 9.18 Å². The second kappa shape index (κ2) is 4.95. The summed E-state index contributed by atoms with van der Waals surface area (Å²) in [6.45, 7) is 1.77. The Morgan fingerprint density at radius 2 is 2.28 bits per heavy atom. The summed E-state index contributed by atoms with van der Waals surface area (Å²) in [6.07, 6.45) is 2.00. The minimum Gasteiger partial charge on any atom is -0.481 e. The molecule has 1 aromatic carbocycles.